The Morgan fingerprint density at radius 2 is 1.74 bits per heavy atom. The Balaban J connectivity index is 1.76. The van der Waals surface area contributed by atoms with Crippen LogP contribution >= 0.6 is 23.2 Å². The summed E-state index contributed by atoms with van der Waals surface area (Å²) < 4.78 is 1.72. The summed E-state index contributed by atoms with van der Waals surface area (Å²) in [6.45, 7) is 2.09. The molecule has 0 spiro atoms. The lowest BCUT2D eigenvalue weighted by molar-refractivity contribution is 0.753. The fraction of sp³-hybridized carbons (Fsp3) is 0.176. The summed E-state index contributed by atoms with van der Waals surface area (Å²) in [6.07, 6.45) is 0. The van der Waals surface area contributed by atoms with Crippen molar-refractivity contribution < 1.29 is 0 Å². The molecule has 0 unspecified atom stereocenters. The Kier molecular flexibility index (Phi) is 3.51. The molecule has 0 amide bonds. The van der Waals surface area contributed by atoms with Crippen molar-refractivity contribution in [1.29, 1.82) is 0 Å². The lowest BCUT2D eigenvalue weighted by atomic mass is 10.2. The summed E-state index contributed by atoms with van der Waals surface area (Å²) in [5.41, 5.74) is 1.77. The van der Waals surface area contributed by atoms with Crippen LogP contribution in [0.4, 0.5) is 5.95 Å². The molecule has 116 valence electrons. The van der Waals surface area contributed by atoms with Gasteiger partial charge >= 0.3 is 0 Å². The Hall–Kier alpha value is -2.04. The highest BCUT2D eigenvalue weighted by molar-refractivity contribution is 6.31. The van der Waals surface area contributed by atoms with E-state index in [9.17, 15) is 4.79 Å². The van der Waals surface area contributed by atoms with Gasteiger partial charge < -0.3 is 4.90 Å². The number of hydrogen-bond donors (Lipinski definition) is 0. The van der Waals surface area contributed by atoms with E-state index in [4.69, 9.17) is 23.2 Å². The summed E-state index contributed by atoms with van der Waals surface area (Å²) in [5.74, 6) is 0.708. The number of fused-ring (bicyclic) bond motifs is 2. The second-order valence-electron chi connectivity index (χ2n) is 5.58. The van der Waals surface area contributed by atoms with E-state index in [-0.39, 0.29) is 5.56 Å². The number of nitrogens with zero attached hydrogens (tertiary/aromatic N) is 3. The van der Waals surface area contributed by atoms with Gasteiger partial charge in [0.15, 0.2) is 0 Å². The highest BCUT2D eigenvalue weighted by atomic mass is 35.5. The van der Waals surface area contributed by atoms with Crippen molar-refractivity contribution in [3.05, 3.63) is 68.4 Å². The average molecular weight is 346 g/mol. The Morgan fingerprint density at radius 1 is 1.00 bits per heavy atom. The molecule has 0 fully saturated rings. The zero-order chi connectivity index (χ0) is 16.0. The molecule has 4 rings (SSSR count). The molecule has 1 aromatic heterocycles. The summed E-state index contributed by atoms with van der Waals surface area (Å²) in [6, 6.07) is 12.9. The monoisotopic (exact) mass is 345 g/mol. The van der Waals surface area contributed by atoms with Crippen LogP contribution in [-0.2, 0) is 13.1 Å². The molecule has 1 aliphatic rings. The smallest absolute Gasteiger partial charge is 0.262 e. The van der Waals surface area contributed by atoms with Gasteiger partial charge in [-0.05, 0) is 35.9 Å². The number of aromatic nitrogens is 2. The molecule has 6 heteroatoms. The molecule has 0 bridgehead atoms. The van der Waals surface area contributed by atoms with Gasteiger partial charge in [0.25, 0.3) is 5.56 Å². The van der Waals surface area contributed by atoms with E-state index in [2.05, 4.69) is 9.88 Å². The fourth-order valence-corrected chi connectivity index (χ4v) is 3.20. The van der Waals surface area contributed by atoms with E-state index in [1.54, 1.807) is 22.8 Å². The minimum Gasteiger partial charge on any atom is -0.336 e. The molecule has 0 aliphatic carbocycles. The molecular formula is C17H13Cl2N3O. The van der Waals surface area contributed by atoms with Crippen LogP contribution in [0.15, 0.2) is 47.3 Å². The van der Waals surface area contributed by atoms with Gasteiger partial charge in [-0.15, -0.1) is 0 Å². The first-order valence-electron chi connectivity index (χ1n) is 7.31. The van der Waals surface area contributed by atoms with E-state index < -0.39 is 0 Å². The Bertz CT molecular complexity index is 950. The van der Waals surface area contributed by atoms with E-state index >= 15 is 0 Å². The molecule has 3 aromatic rings. The Labute approximate surface area is 142 Å². The summed E-state index contributed by atoms with van der Waals surface area (Å²) >= 11 is 11.9. The molecule has 0 saturated heterocycles. The van der Waals surface area contributed by atoms with Gasteiger partial charge in [0.2, 0.25) is 5.95 Å². The third-order valence-corrected chi connectivity index (χ3v) is 4.55. The number of halogens is 2. The maximum absolute atomic E-state index is 12.6. The second-order valence-corrected chi connectivity index (χ2v) is 6.45. The minimum absolute atomic E-state index is 0.0360. The maximum atomic E-state index is 12.6. The zero-order valence-corrected chi connectivity index (χ0v) is 13.7. The zero-order valence-electron chi connectivity index (χ0n) is 12.2. The van der Waals surface area contributed by atoms with Gasteiger partial charge in [-0.3, -0.25) is 9.36 Å². The quantitative estimate of drug-likeness (QED) is 0.710. The predicted molar refractivity (Wildman–Crippen MR) is 93.5 cm³/mol. The van der Waals surface area contributed by atoms with Crippen LogP contribution in [0.1, 0.15) is 5.56 Å². The molecule has 1 aliphatic heterocycles. The molecular weight excluding hydrogens is 333 g/mol. The van der Waals surface area contributed by atoms with E-state index in [0.29, 0.717) is 40.0 Å². The summed E-state index contributed by atoms with van der Waals surface area (Å²) in [7, 11) is 0. The molecule has 0 saturated carbocycles. The van der Waals surface area contributed by atoms with Gasteiger partial charge in [0.1, 0.15) is 0 Å². The molecule has 23 heavy (non-hydrogen) atoms. The van der Waals surface area contributed by atoms with Gasteiger partial charge in [0, 0.05) is 29.7 Å². The third kappa shape index (κ3) is 2.58. The fourth-order valence-electron chi connectivity index (χ4n) is 2.91. The molecule has 0 N–H and O–H groups in total. The highest BCUT2D eigenvalue weighted by Crippen LogP contribution is 2.23. The van der Waals surface area contributed by atoms with Gasteiger partial charge in [0.05, 0.1) is 10.9 Å². The number of hydrogen-bond acceptors (Lipinski definition) is 3. The summed E-state index contributed by atoms with van der Waals surface area (Å²) in [5, 5.41) is 1.83. The van der Waals surface area contributed by atoms with Crippen LogP contribution in [0, 0.1) is 0 Å². The first kappa shape index (κ1) is 14.5. The van der Waals surface area contributed by atoms with Crippen LogP contribution in [0.3, 0.4) is 0 Å². The number of anilines is 1. The second kappa shape index (κ2) is 5.55. The van der Waals surface area contributed by atoms with Crippen LogP contribution in [0.25, 0.3) is 10.9 Å². The lowest BCUT2D eigenvalue weighted by Crippen LogP contribution is -2.22. The van der Waals surface area contributed by atoms with Gasteiger partial charge in [-0.2, -0.15) is 0 Å². The molecule has 4 nitrogen and oxygen atoms in total. The lowest BCUT2D eigenvalue weighted by Gasteiger charge is -2.17. The van der Waals surface area contributed by atoms with Crippen LogP contribution in [0.2, 0.25) is 10.0 Å². The molecule has 0 radical (unpaired) electrons. The van der Waals surface area contributed by atoms with Crippen LogP contribution in [0.5, 0.6) is 0 Å². The predicted octanol–water partition coefficient (Wildman–Crippen LogP) is 3.72. The van der Waals surface area contributed by atoms with Crippen molar-refractivity contribution in [2.75, 3.05) is 11.4 Å². The topological polar surface area (TPSA) is 38.1 Å². The molecule has 0 atom stereocenters. The highest BCUT2D eigenvalue weighted by Gasteiger charge is 2.23. The third-order valence-electron chi connectivity index (χ3n) is 4.06. The van der Waals surface area contributed by atoms with E-state index in [1.165, 1.54) is 0 Å². The first-order chi connectivity index (χ1) is 11.1. The number of benzene rings is 2. The largest absolute Gasteiger partial charge is 0.336 e. The first-order valence-corrected chi connectivity index (χ1v) is 8.07. The minimum atomic E-state index is -0.0360. The van der Waals surface area contributed by atoms with Gasteiger partial charge in [-0.25, -0.2) is 4.98 Å². The standard InChI is InChI=1S/C17H13Cl2N3O/c18-12-3-1-11(2-4-12)10-21-7-8-22-16(23)14-9-13(19)5-6-15(14)20-17(21)22/h1-6,9H,7-8,10H2. The van der Waals surface area contributed by atoms with Crippen LogP contribution in [-0.4, -0.2) is 16.1 Å². The van der Waals surface area contributed by atoms with E-state index in [0.717, 1.165) is 12.1 Å². The normalized spacial score (nSPS) is 13.6. The number of rotatable bonds is 2. The molecule has 2 aromatic carbocycles. The van der Waals surface area contributed by atoms with Crippen molar-refractivity contribution in [2.45, 2.75) is 13.1 Å². The maximum Gasteiger partial charge on any atom is 0.262 e. The van der Waals surface area contributed by atoms with Crippen molar-refractivity contribution in [3.8, 4) is 0 Å². The SMILES string of the molecule is O=c1c2cc(Cl)ccc2nc2n1CCN2Cc1ccc(Cl)cc1. The van der Waals surface area contributed by atoms with Crippen molar-refractivity contribution in [1.82, 2.24) is 9.55 Å². The van der Waals surface area contributed by atoms with Crippen molar-refractivity contribution in [2.24, 2.45) is 0 Å². The Morgan fingerprint density at radius 3 is 2.52 bits per heavy atom. The van der Waals surface area contributed by atoms with Crippen LogP contribution < -0.4 is 10.5 Å². The van der Waals surface area contributed by atoms with E-state index in [1.807, 2.05) is 24.3 Å². The van der Waals surface area contributed by atoms with Gasteiger partial charge in [-0.1, -0.05) is 35.3 Å². The average Bonchev–Trinajstić information content (AvgIpc) is 2.94. The van der Waals surface area contributed by atoms with Crippen molar-refractivity contribution in [3.63, 3.8) is 0 Å². The summed E-state index contributed by atoms with van der Waals surface area (Å²) in [4.78, 5) is 19.4. The van der Waals surface area contributed by atoms with Crippen molar-refractivity contribution >= 4 is 40.1 Å². The molecule has 2 heterocycles.